The molecule has 0 atom stereocenters. The third-order valence-electron chi connectivity index (χ3n) is 5.39. The fraction of sp³-hybridized carbons (Fsp3) is 0.120. The van der Waals surface area contributed by atoms with Crippen LogP contribution < -0.4 is 15.4 Å². The van der Waals surface area contributed by atoms with Gasteiger partial charge in [0.2, 0.25) is 0 Å². The third kappa shape index (κ3) is 5.53. The molecule has 0 bridgehead atoms. The minimum absolute atomic E-state index is 0.0741. The number of methoxy groups -OCH3 is 1. The van der Waals surface area contributed by atoms with Gasteiger partial charge in [0.15, 0.2) is 0 Å². The molecule has 2 amide bonds. The van der Waals surface area contributed by atoms with Crippen LogP contribution in [0.25, 0.3) is 17.1 Å². The number of ether oxygens (including phenoxy) is 1. The number of aryl methyl sites for hydroxylation is 1. The number of hydrogen-bond donors (Lipinski definition) is 3. The van der Waals surface area contributed by atoms with Crippen LogP contribution in [-0.4, -0.2) is 38.8 Å². The molecule has 0 aliphatic carbocycles. The first-order chi connectivity index (χ1) is 17.6. The zero-order valence-corrected chi connectivity index (χ0v) is 19.5. The summed E-state index contributed by atoms with van der Waals surface area (Å²) >= 11 is 0. The van der Waals surface area contributed by atoms with Crippen molar-refractivity contribution in [2.45, 2.75) is 13.1 Å². The quantitative estimate of drug-likeness (QED) is 0.310. The topological polar surface area (TPSA) is 118 Å². The van der Waals surface area contributed by atoms with E-state index in [4.69, 9.17) is 4.74 Å². The molecule has 9 nitrogen and oxygen atoms in total. The molecule has 0 spiro atoms. The van der Waals surface area contributed by atoms with Gasteiger partial charge in [0.1, 0.15) is 17.3 Å². The van der Waals surface area contributed by atoms with E-state index in [0.717, 1.165) is 18.2 Å². The molecular formula is C25H20F3N5O4. The van der Waals surface area contributed by atoms with Crippen LogP contribution in [-0.2, 0) is 6.18 Å². The third-order valence-corrected chi connectivity index (χ3v) is 5.39. The average Bonchev–Trinajstić information content (AvgIpc) is 3.35. The van der Waals surface area contributed by atoms with Crippen molar-refractivity contribution in [1.29, 1.82) is 0 Å². The van der Waals surface area contributed by atoms with Crippen molar-refractivity contribution in [3.05, 3.63) is 83.9 Å². The molecule has 2 aromatic carbocycles. The maximum Gasteiger partial charge on any atom is 0.416 e. The van der Waals surface area contributed by atoms with Crippen LogP contribution >= 0.6 is 0 Å². The summed E-state index contributed by atoms with van der Waals surface area (Å²) in [5.41, 5.74) is 1.13. The van der Waals surface area contributed by atoms with E-state index in [1.165, 1.54) is 19.4 Å². The van der Waals surface area contributed by atoms with Gasteiger partial charge in [-0.1, -0.05) is 0 Å². The second-order valence-corrected chi connectivity index (χ2v) is 7.85. The van der Waals surface area contributed by atoms with E-state index in [0.29, 0.717) is 28.3 Å². The fourth-order valence-electron chi connectivity index (χ4n) is 3.61. The summed E-state index contributed by atoms with van der Waals surface area (Å²) in [6.45, 7) is 1.75. The van der Waals surface area contributed by atoms with Crippen molar-refractivity contribution in [2.24, 2.45) is 0 Å². The predicted octanol–water partition coefficient (Wildman–Crippen LogP) is 5.61. The highest BCUT2D eigenvalue weighted by Gasteiger charge is 2.31. The van der Waals surface area contributed by atoms with Crippen LogP contribution in [0.3, 0.4) is 0 Å². The van der Waals surface area contributed by atoms with Crippen LogP contribution in [0.1, 0.15) is 21.6 Å². The molecular weight excluding hydrogens is 491 g/mol. The molecule has 0 aliphatic heterocycles. The Balaban J connectivity index is 1.55. The highest BCUT2D eigenvalue weighted by molar-refractivity contribution is 6.01. The number of carbonyl (C=O) groups is 2. The van der Waals surface area contributed by atoms with Crippen molar-refractivity contribution >= 4 is 23.4 Å². The summed E-state index contributed by atoms with van der Waals surface area (Å²) in [6, 6.07) is 10.2. The summed E-state index contributed by atoms with van der Waals surface area (Å²) in [6.07, 6.45) is 0.0651. The SMILES string of the molecule is COc1ccc(C(F)(F)F)cc1NC(=O)Nc1ccc(-n2ccnc2-c2ccnc(C(=O)O)c2)cc1C. The van der Waals surface area contributed by atoms with E-state index in [2.05, 4.69) is 20.6 Å². The molecule has 0 radical (unpaired) electrons. The number of aromatic carboxylic acids is 1. The van der Waals surface area contributed by atoms with Gasteiger partial charge in [-0.25, -0.2) is 19.6 Å². The predicted molar refractivity (Wildman–Crippen MR) is 129 cm³/mol. The Morgan fingerprint density at radius 2 is 1.73 bits per heavy atom. The second kappa shape index (κ2) is 10.0. The Labute approximate surface area is 208 Å². The molecule has 0 aliphatic rings. The molecule has 2 aromatic heterocycles. The van der Waals surface area contributed by atoms with Gasteiger partial charge in [0.05, 0.1) is 18.4 Å². The number of amides is 2. The number of aromatic nitrogens is 3. The molecule has 0 saturated heterocycles. The normalized spacial score (nSPS) is 11.2. The number of anilines is 2. The number of urea groups is 1. The van der Waals surface area contributed by atoms with Crippen LogP contribution in [0.15, 0.2) is 67.1 Å². The Bertz CT molecular complexity index is 1480. The van der Waals surface area contributed by atoms with Gasteiger partial charge in [-0.15, -0.1) is 0 Å². The monoisotopic (exact) mass is 511 g/mol. The lowest BCUT2D eigenvalue weighted by Gasteiger charge is -2.15. The van der Waals surface area contributed by atoms with Gasteiger partial charge in [0.25, 0.3) is 0 Å². The van der Waals surface area contributed by atoms with Gasteiger partial charge in [-0.3, -0.25) is 4.57 Å². The number of alkyl halides is 3. The van der Waals surface area contributed by atoms with Gasteiger partial charge in [-0.05, 0) is 61.0 Å². The van der Waals surface area contributed by atoms with Gasteiger partial charge >= 0.3 is 18.2 Å². The minimum atomic E-state index is -4.58. The lowest BCUT2D eigenvalue weighted by atomic mass is 10.1. The van der Waals surface area contributed by atoms with Crippen LogP contribution in [0.4, 0.5) is 29.3 Å². The van der Waals surface area contributed by atoms with Crippen molar-refractivity contribution < 1.29 is 32.6 Å². The molecule has 37 heavy (non-hydrogen) atoms. The smallest absolute Gasteiger partial charge is 0.416 e. The number of nitrogens with zero attached hydrogens (tertiary/aromatic N) is 3. The number of carbonyl (C=O) groups excluding carboxylic acids is 1. The largest absolute Gasteiger partial charge is 0.495 e. The standard InChI is InChI=1S/C25H20F3N5O4/c1-14-11-17(33-10-9-30-22(33)15-7-8-29-20(12-15)23(34)35)4-5-18(14)31-24(36)32-19-13-16(25(26,27)28)3-6-21(19)37-2/h3-13H,1-2H3,(H,34,35)(H2,31,32,36). The first-order valence-electron chi connectivity index (χ1n) is 10.7. The molecule has 0 unspecified atom stereocenters. The van der Waals surface area contributed by atoms with Crippen molar-refractivity contribution in [3.8, 4) is 22.8 Å². The lowest BCUT2D eigenvalue weighted by molar-refractivity contribution is -0.137. The van der Waals surface area contributed by atoms with E-state index in [1.54, 1.807) is 48.1 Å². The van der Waals surface area contributed by atoms with Crippen molar-refractivity contribution in [3.63, 3.8) is 0 Å². The number of imidazole rings is 1. The van der Waals surface area contributed by atoms with E-state index in [-0.39, 0.29) is 17.1 Å². The first kappa shape index (κ1) is 25.2. The summed E-state index contributed by atoms with van der Waals surface area (Å²) in [7, 11) is 1.29. The van der Waals surface area contributed by atoms with Crippen molar-refractivity contribution in [2.75, 3.05) is 17.7 Å². The molecule has 0 saturated carbocycles. The Kier molecular flexibility index (Phi) is 6.83. The highest BCUT2D eigenvalue weighted by atomic mass is 19.4. The van der Waals surface area contributed by atoms with Crippen LogP contribution in [0.2, 0.25) is 0 Å². The summed E-state index contributed by atoms with van der Waals surface area (Å²) < 4.78 is 46.0. The Morgan fingerprint density at radius 1 is 0.973 bits per heavy atom. The Hall–Kier alpha value is -4.87. The van der Waals surface area contributed by atoms with E-state index in [9.17, 15) is 27.9 Å². The average molecular weight is 511 g/mol. The molecule has 12 heteroatoms. The number of pyridine rings is 1. The molecule has 4 aromatic rings. The number of halogens is 3. The molecule has 0 fully saturated rings. The summed E-state index contributed by atoms with van der Waals surface area (Å²) in [5.74, 6) is -0.600. The molecule has 4 rings (SSSR count). The number of benzene rings is 2. The zero-order valence-electron chi connectivity index (χ0n) is 19.5. The van der Waals surface area contributed by atoms with Gasteiger partial charge < -0.3 is 20.5 Å². The van der Waals surface area contributed by atoms with E-state index in [1.807, 2.05) is 0 Å². The number of hydrogen-bond acceptors (Lipinski definition) is 5. The lowest BCUT2D eigenvalue weighted by Crippen LogP contribution is -2.21. The number of nitrogens with one attached hydrogen (secondary N) is 2. The second-order valence-electron chi connectivity index (χ2n) is 7.85. The van der Waals surface area contributed by atoms with Crippen molar-refractivity contribution in [1.82, 2.24) is 14.5 Å². The van der Waals surface area contributed by atoms with Crippen LogP contribution in [0.5, 0.6) is 5.75 Å². The van der Waals surface area contributed by atoms with Gasteiger partial charge in [-0.2, -0.15) is 13.2 Å². The number of carboxylic acids is 1. The Morgan fingerprint density at radius 3 is 2.41 bits per heavy atom. The summed E-state index contributed by atoms with van der Waals surface area (Å²) in [5, 5.41) is 14.2. The number of carboxylic acid groups (broad SMARTS) is 1. The van der Waals surface area contributed by atoms with Crippen LogP contribution in [0, 0.1) is 6.92 Å². The fourth-order valence-corrected chi connectivity index (χ4v) is 3.61. The summed E-state index contributed by atoms with van der Waals surface area (Å²) in [4.78, 5) is 32.0. The maximum absolute atomic E-state index is 13.1. The zero-order chi connectivity index (χ0) is 26.7. The molecule has 3 N–H and O–H groups in total. The first-order valence-corrected chi connectivity index (χ1v) is 10.7. The molecule has 2 heterocycles. The molecule has 190 valence electrons. The maximum atomic E-state index is 13.1. The highest BCUT2D eigenvalue weighted by Crippen LogP contribution is 2.35. The van der Waals surface area contributed by atoms with E-state index < -0.39 is 23.7 Å². The van der Waals surface area contributed by atoms with Gasteiger partial charge in [0, 0.05) is 35.5 Å². The minimum Gasteiger partial charge on any atom is -0.495 e. The van der Waals surface area contributed by atoms with E-state index >= 15 is 0 Å². The number of rotatable bonds is 6.